The van der Waals surface area contributed by atoms with Gasteiger partial charge in [0.2, 0.25) is 0 Å². The van der Waals surface area contributed by atoms with Crippen molar-refractivity contribution < 1.29 is 0 Å². The van der Waals surface area contributed by atoms with Gasteiger partial charge in [0.15, 0.2) is 0 Å². The second kappa shape index (κ2) is 3.26. The van der Waals surface area contributed by atoms with Crippen LogP contribution in [0.2, 0.25) is 0 Å². The fraction of sp³-hybridized carbons (Fsp3) is 0.222. The van der Waals surface area contributed by atoms with Crippen molar-refractivity contribution in [1.29, 1.82) is 0 Å². The van der Waals surface area contributed by atoms with Gasteiger partial charge in [-0.15, -0.1) is 0 Å². The van der Waals surface area contributed by atoms with E-state index in [1.807, 2.05) is 26.0 Å². The zero-order chi connectivity index (χ0) is 9.14. The van der Waals surface area contributed by atoms with E-state index >= 15 is 0 Å². The highest BCUT2D eigenvalue weighted by atomic mass is 15.1. The van der Waals surface area contributed by atoms with Gasteiger partial charge >= 0.3 is 0 Å². The smallest absolute Gasteiger partial charge is 0.150 e. The van der Waals surface area contributed by atoms with Crippen LogP contribution in [0.15, 0.2) is 23.3 Å². The summed E-state index contributed by atoms with van der Waals surface area (Å²) in [5, 5.41) is 3.44. The Morgan fingerprint density at radius 3 is 2.08 bits per heavy atom. The number of hydrazone groups is 1. The normalized spacial score (nSPS) is 11.7. The summed E-state index contributed by atoms with van der Waals surface area (Å²) in [6, 6.07) is 5.99. The number of benzene rings is 1. The first-order chi connectivity index (χ1) is 5.63. The Kier molecular flexibility index (Phi) is 2.33. The monoisotopic (exact) mass is 163 g/mol. The van der Waals surface area contributed by atoms with Crippen molar-refractivity contribution >= 4 is 5.84 Å². The number of nitrogens with two attached hydrogens (primary N) is 2. The van der Waals surface area contributed by atoms with Gasteiger partial charge < -0.3 is 11.6 Å². The fourth-order valence-corrected chi connectivity index (χ4v) is 1.20. The lowest BCUT2D eigenvalue weighted by Gasteiger charge is -2.02. The Morgan fingerprint density at radius 2 is 1.67 bits per heavy atom. The highest BCUT2D eigenvalue weighted by molar-refractivity contribution is 5.97. The number of nitrogens with zero attached hydrogens (tertiary/aromatic N) is 1. The largest absolute Gasteiger partial charge is 0.382 e. The number of aryl methyl sites for hydroxylation is 2. The second-order valence-electron chi connectivity index (χ2n) is 2.89. The molecule has 0 aliphatic heterocycles. The van der Waals surface area contributed by atoms with E-state index in [9.17, 15) is 0 Å². The Labute approximate surface area is 72.1 Å². The van der Waals surface area contributed by atoms with Crippen molar-refractivity contribution in [3.05, 3.63) is 34.9 Å². The Bertz CT molecular complexity index is 295. The molecule has 12 heavy (non-hydrogen) atoms. The molecule has 0 aliphatic carbocycles. The maximum Gasteiger partial charge on any atom is 0.150 e. The predicted octanol–water partition coefficient (Wildman–Crippen LogP) is 0.882. The van der Waals surface area contributed by atoms with Gasteiger partial charge in [0.05, 0.1) is 0 Å². The molecule has 0 bridgehead atoms. The first-order valence-electron chi connectivity index (χ1n) is 3.75. The average Bonchev–Trinajstić information content (AvgIpc) is 2.01. The third-order valence-electron chi connectivity index (χ3n) is 1.66. The first-order valence-corrected chi connectivity index (χ1v) is 3.75. The van der Waals surface area contributed by atoms with Gasteiger partial charge in [-0.25, -0.2) is 0 Å². The van der Waals surface area contributed by atoms with Crippen molar-refractivity contribution in [3.8, 4) is 0 Å². The SMILES string of the molecule is Cc1cc(C)cc(/C(N)=N/N)c1. The van der Waals surface area contributed by atoms with Gasteiger partial charge in [0, 0.05) is 5.56 Å². The van der Waals surface area contributed by atoms with E-state index in [0.717, 1.165) is 16.7 Å². The summed E-state index contributed by atoms with van der Waals surface area (Å²) in [5.41, 5.74) is 8.77. The van der Waals surface area contributed by atoms with Gasteiger partial charge in [-0.1, -0.05) is 17.2 Å². The van der Waals surface area contributed by atoms with Crippen LogP contribution in [-0.4, -0.2) is 5.84 Å². The molecule has 0 radical (unpaired) electrons. The molecule has 0 atom stereocenters. The molecular formula is C9H13N3. The van der Waals surface area contributed by atoms with Crippen LogP contribution in [0.4, 0.5) is 0 Å². The minimum atomic E-state index is 0.377. The average molecular weight is 163 g/mol. The quantitative estimate of drug-likeness (QED) is 0.279. The van der Waals surface area contributed by atoms with Gasteiger partial charge in [-0.3, -0.25) is 0 Å². The summed E-state index contributed by atoms with van der Waals surface area (Å²) in [6.45, 7) is 4.03. The molecule has 1 rings (SSSR count). The highest BCUT2D eigenvalue weighted by Crippen LogP contribution is 2.07. The highest BCUT2D eigenvalue weighted by Gasteiger charge is 1.98. The molecule has 0 fully saturated rings. The zero-order valence-corrected chi connectivity index (χ0v) is 7.33. The summed E-state index contributed by atoms with van der Waals surface area (Å²) >= 11 is 0. The van der Waals surface area contributed by atoms with E-state index in [1.165, 1.54) is 0 Å². The third kappa shape index (κ3) is 1.75. The minimum absolute atomic E-state index is 0.377. The molecule has 0 saturated carbocycles. The molecule has 0 amide bonds. The zero-order valence-electron chi connectivity index (χ0n) is 7.33. The standard InChI is InChI=1S/C9H13N3/c1-6-3-7(2)5-8(4-6)9(10)12-11/h3-5H,11H2,1-2H3,(H2,10,12). The molecular weight excluding hydrogens is 150 g/mol. The number of hydrogen-bond donors (Lipinski definition) is 2. The summed E-state index contributed by atoms with van der Waals surface area (Å²) in [7, 11) is 0. The van der Waals surface area contributed by atoms with Crippen LogP contribution in [0.5, 0.6) is 0 Å². The molecule has 3 heteroatoms. The van der Waals surface area contributed by atoms with Gasteiger partial charge in [0.1, 0.15) is 5.84 Å². The van der Waals surface area contributed by atoms with E-state index in [-0.39, 0.29) is 0 Å². The van der Waals surface area contributed by atoms with E-state index in [1.54, 1.807) is 0 Å². The minimum Gasteiger partial charge on any atom is -0.382 e. The van der Waals surface area contributed by atoms with Crippen molar-refractivity contribution in [2.75, 3.05) is 0 Å². The van der Waals surface area contributed by atoms with Crippen molar-refractivity contribution in [3.63, 3.8) is 0 Å². The van der Waals surface area contributed by atoms with Gasteiger partial charge in [-0.05, 0) is 26.0 Å². The van der Waals surface area contributed by atoms with Crippen LogP contribution in [0.3, 0.4) is 0 Å². The van der Waals surface area contributed by atoms with E-state index in [0.29, 0.717) is 5.84 Å². The molecule has 4 N–H and O–H groups in total. The molecule has 0 saturated heterocycles. The first kappa shape index (κ1) is 8.59. The number of rotatable bonds is 1. The lowest BCUT2D eigenvalue weighted by molar-refractivity contribution is 1.22. The van der Waals surface area contributed by atoms with Gasteiger partial charge in [-0.2, -0.15) is 5.10 Å². The Balaban J connectivity index is 3.17. The van der Waals surface area contributed by atoms with Crippen LogP contribution in [0, 0.1) is 13.8 Å². The molecule has 1 aromatic rings. The Morgan fingerprint density at radius 1 is 1.17 bits per heavy atom. The molecule has 1 aromatic carbocycles. The summed E-state index contributed by atoms with van der Waals surface area (Å²) < 4.78 is 0. The maximum atomic E-state index is 5.56. The maximum absolute atomic E-state index is 5.56. The lowest BCUT2D eigenvalue weighted by Crippen LogP contribution is -2.15. The lowest BCUT2D eigenvalue weighted by atomic mass is 10.1. The van der Waals surface area contributed by atoms with Crippen LogP contribution >= 0.6 is 0 Å². The Hall–Kier alpha value is -1.51. The molecule has 0 aliphatic rings. The van der Waals surface area contributed by atoms with E-state index < -0.39 is 0 Å². The topological polar surface area (TPSA) is 64.4 Å². The molecule has 0 heterocycles. The van der Waals surface area contributed by atoms with E-state index in [2.05, 4.69) is 11.2 Å². The molecule has 3 nitrogen and oxygen atoms in total. The third-order valence-corrected chi connectivity index (χ3v) is 1.66. The van der Waals surface area contributed by atoms with Gasteiger partial charge in [0.25, 0.3) is 0 Å². The van der Waals surface area contributed by atoms with Crippen LogP contribution in [-0.2, 0) is 0 Å². The van der Waals surface area contributed by atoms with Crippen molar-refractivity contribution in [2.45, 2.75) is 13.8 Å². The van der Waals surface area contributed by atoms with Crippen LogP contribution in [0.1, 0.15) is 16.7 Å². The molecule has 0 spiro atoms. The molecule has 64 valence electrons. The summed E-state index contributed by atoms with van der Waals surface area (Å²) in [6.07, 6.45) is 0. The van der Waals surface area contributed by atoms with Crippen LogP contribution in [0.25, 0.3) is 0 Å². The molecule has 0 unspecified atom stereocenters. The summed E-state index contributed by atoms with van der Waals surface area (Å²) in [5.74, 6) is 5.44. The van der Waals surface area contributed by atoms with Crippen molar-refractivity contribution in [1.82, 2.24) is 0 Å². The van der Waals surface area contributed by atoms with Crippen LogP contribution < -0.4 is 11.6 Å². The van der Waals surface area contributed by atoms with Crippen molar-refractivity contribution in [2.24, 2.45) is 16.7 Å². The fourth-order valence-electron chi connectivity index (χ4n) is 1.20. The number of hydrogen-bond acceptors (Lipinski definition) is 2. The number of amidine groups is 1. The molecule has 0 aromatic heterocycles. The van der Waals surface area contributed by atoms with E-state index in [4.69, 9.17) is 11.6 Å². The predicted molar refractivity (Wildman–Crippen MR) is 50.8 cm³/mol. The summed E-state index contributed by atoms with van der Waals surface area (Å²) in [4.78, 5) is 0. The second-order valence-corrected chi connectivity index (χ2v) is 2.89.